The zero-order valence-corrected chi connectivity index (χ0v) is 10.5. The molecule has 0 aliphatic heterocycles. The van der Waals surface area contributed by atoms with Gasteiger partial charge in [-0.1, -0.05) is 11.6 Å². The molecule has 1 heterocycles. The van der Waals surface area contributed by atoms with Gasteiger partial charge in [0.2, 0.25) is 0 Å². The fraction of sp³-hybridized carbons (Fsp3) is 0. The number of nitrogens with zero attached hydrogens (tertiary/aromatic N) is 3. The fourth-order valence-corrected chi connectivity index (χ4v) is 2.70. The maximum absolute atomic E-state index is 12.0. The minimum atomic E-state index is -3.86. The van der Waals surface area contributed by atoms with Crippen LogP contribution in [0.15, 0.2) is 35.5 Å². The standard InChI is InChI=1S/C9H8ClN5O2S/c10-7-5-6(11)1-2-8(7)18(16,17)15-9-12-3-4-13-14-9/h1-5H,11H2,(H,12,14,15). The van der Waals surface area contributed by atoms with Gasteiger partial charge in [-0.3, -0.25) is 0 Å². The van der Waals surface area contributed by atoms with Crippen LogP contribution in [0.5, 0.6) is 0 Å². The number of nitrogen functional groups attached to an aromatic ring is 1. The predicted molar refractivity (Wildman–Crippen MR) is 66.5 cm³/mol. The van der Waals surface area contributed by atoms with Gasteiger partial charge < -0.3 is 5.73 Å². The number of benzene rings is 1. The number of nitrogens with two attached hydrogens (primary N) is 1. The van der Waals surface area contributed by atoms with Crippen LogP contribution in [0.25, 0.3) is 0 Å². The van der Waals surface area contributed by atoms with E-state index in [2.05, 4.69) is 19.9 Å². The molecule has 9 heteroatoms. The van der Waals surface area contributed by atoms with Crippen LogP contribution in [-0.4, -0.2) is 23.6 Å². The van der Waals surface area contributed by atoms with E-state index in [1.54, 1.807) is 0 Å². The third-order valence-electron chi connectivity index (χ3n) is 1.95. The summed E-state index contributed by atoms with van der Waals surface area (Å²) in [5.74, 6) is -0.134. The second-order valence-electron chi connectivity index (χ2n) is 3.26. The smallest absolute Gasteiger partial charge is 0.265 e. The number of halogens is 1. The molecular formula is C9H8ClN5O2S. The topological polar surface area (TPSA) is 111 Å². The van der Waals surface area contributed by atoms with Gasteiger partial charge in [-0.15, -0.1) is 5.10 Å². The quantitative estimate of drug-likeness (QED) is 0.811. The van der Waals surface area contributed by atoms with E-state index in [0.29, 0.717) is 5.69 Å². The summed E-state index contributed by atoms with van der Waals surface area (Å²) in [6.45, 7) is 0. The van der Waals surface area contributed by atoms with Gasteiger partial charge >= 0.3 is 0 Å². The molecule has 0 spiro atoms. The minimum absolute atomic E-state index is 0.0198. The van der Waals surface area contributed by atoms with E-state index in [4.69, 9.17) is 17.3 Å². The lowest BCUT2D eigenvalue weighted by Gasteiger charge is -2.07. The van der Waals surface area contributed by atoms with Crippen LogP contribution in [-0.2, 0) is 10.0 Å². The Hall–Kier alpha value is -1.93. The zero-order chi connectivity index (χ0) is 13.2. The van der Waals surface area contributed by atoms with Gasteiger partial charge in [0.15, 0.2) is 0 Å². The normalized spacial score (nSPS) is 11.2. The molecule has 0 unspecified atom stereocenters. The van der Waals surface area contributed by atoms with Crippen molar-refractivity contribution in [2.24, 2.45) is 0 Å². The maximum atomic E-state index is 12.0. The monoisotopic (exact) mass is 285 g/mol. The number of aromatic nitrogens is 3. The van der Waals surface area contributed by atoms with E-state index in [1.807, 2.05) is 0 Å². The number of nitrogens with one attached hydrogen (secondary N) is 1. The van der Waals surface area contributed by atoms with Gasteiger partial charge in [-0.2, -0.15) is 5.10 Å². The first-order valence-corrected chi connectivity index (χ1v) is 6.57. The van der Waals surface area contributed by atoms with E-state index in [1.165, 1.54) is 30.6 Å². The van der Waals surface area contributed by atoms with Crippen molar-refractivity contribution in [3.63, 3.8) is 0 Å². The highest BCUT2D eigenvalue weighted by molar-refractivity contribution is 7.92. The number of hydrogen-bond acceptors (Lipinski definition) is 6. The van der Waals surface area contributed by atoms with Crippen LogP contribution < -0.4 is 10.5 Å². The lowest BCUT2D eigenvalue weighted by Crippen LogP contribution is -2.15. The Morgan fingerprint density at radius 3 is 2.67 bits per heavy atom. The molecule has 0 bridgehead atoms. The zero-order valence-electron chi connectivity index (χ0n) is 8.91. The van der Waals surface area contributed by atoms with E-state index in [9.17, 15) is 8.42 Å². The highest BCUT2D eigenvalue weighted by Gasteiger charge is 2.19. The van der Waals surface area contributed by atoms with Gasteiger partial charge in [0, 0.05) is 5.69 Å². The van der Waals surface area contributed by atoms with Crippen LogP contribution >= 0.6 is 11.6 Å². The maximum Gasteiger partial charge on any atom is 0.265 e. The first-order valence-electron chi connectivity index (χ1n) is 4.70. The summed E-state index contributed by atoms with van der Waals surface area (Å²) in [5, 5.41) is 7.04. The van der Waals surface area contributed by atoms with Crippen LogP contribution in [0.2, 0.25) is 5.02 Å². The first kappa shape index (κ1) is 12.5. The average Bonchev–Trinajstić information content (AvgIpc) is 2.29. The molecular weight excluding hydrogens is 278 g/mol. The molecule has 0 aliphatic carbocycles. The number of hydrogen-bond donors (Lipinski definition) is 2. The lowest BCUT2D eigenvalue weighted by molar-refractivity contribution is 0.600. The summed E-state index contributed by atoms with van der Waals surface area (Å²) in [6, 6.07) is 4.08. The van der Waals surface area contributed by atoms with Crippen molar-refractivity contribution in [2.45, 2.75) is 4.90 Å². The molecule has 0 saturated carbocycles. The lowest BCUT2D eigenvalue weighted by atomic mass is 10.3. The Kier molecular flexibility index (Phi) is 3.30. The van der Waals surface area contributed by atoms with Gasteiger partial charge in [0.1, 0.15) is 4.90 Å². The van der Waals surface area contributed by atoms with Gasteiger partial charge in [0.25, 0.3) is 16.0 Å². The Bertz CT molecular complexity index is 662. The molecule has 2 rings (SSSR count). The van der Waals surface area contributed by atoms with Gasteiger partial charge in [-0.05, 0) is 18.2 Å². The average molecular weight is 286 g/mol. The highest BCUT2D eigenvalue weighted by atomic mass is 35.5. The summed E-state index contributed by atoms with van der Waals surface area (Å²) in [5.41, 5.74) is 5.86. The van der Waals surface area contributed by atoms with Crippen LogP contribution in [0.1, 0.15) is 0 Å². The molecule has 1 aromatic heterocycles. The van der Waals surface area contributed by atoms with Gasteiger partial charge in [0.05, 0.1) is 17.4 Å². The molecule has 0 saturated heterocycles. The summed E-state index contributed by atoms with van der Waals surface area (Å²) >= 11 is 5.82. The van der Waals surface area contributed by atoms with E-state index >= 15 is 0 Å². The Morgan fingerprint density at radius 1 is 1.28 bits per heavy atom. The first-order chi connectivity index (χ1) is 8.49. The number of anilines is 2. The van der Waals surface area contributed by atoms with Crippen molar-refractivity contribution < 1.29 is 8.42 Å². The van der Waals surface area contributed by atoms with E-state index in [-0.39, 0.29) is 15.9 Å². The molecule has 0 radical (unpaired) electrons. The van der Waals surface area contributed by atoms with Gasteiger partial charge in [-0.25, -0.2) is 18.1 Å². The van der Waals surface area contributed by atoms with Crippen molar-refractivity contribution >= 4 is 33.3 Å². The van der Waals surface area contributed by atoms with E-state index in [0.717, 1.165) is 0 Å². The van der Waals surface area contributed by atoms with Crippen LogP contribution in [0, 0.1) is 0 Å². The van der Waals surface area contributed by atoms with Crippen LogP contribution in [0.4, 0.5) is 11.6 Å². The van der Waals surface area contributed by atoms with Crippen molar-refractivity contribution in [3.05, 3.63) is 35.6 Å². The highest BCUT2D eigenvalue weighted by Crippen LogP contribution is 2.24. The molecule has 94 valence electrons. The molecule has 2 aromatic rings. The molecule has 0 amide bonds. The molecule has 7 nitrogen and oxygen atoms in total. The number of rotatable bonds is 3. The third-order valence-corrected chi connectivity index (χ3v) is 3.76. The second kappa shape index (κ2) is 4.75. The fourth-order valence-electron chi connectivity index (χ4n) is 1.20. The Morgan fingerprint density at radius 2 is 2.06 bits per heavy atom. The summed E-state index contributed by atoms with van der Waals surface area (Å²) < 4.78 is 26.1. The van der Waals surface area contributed by atoms with Crippen molar-refractivity contribution in [1.82, 2.24) is 15.2 Å². The molecule has 18 heavy (non-hydrogen) atoms. The molecule has 0 atom stereocenters. The molecule has 1 aromatic carbocycles. The SMILES string of the molecule is Nc1ccc(S(=O)(=O)Nc2nccnn2)c(Cl)c1. The summed E-state index contributed by atoms with van der Waals surface area (Å²) in [4.78, 5) is 3.60. The van der Waals surface area contributed by atoms with Crippen molar-refractivity contribution in [2.75, 3.05) is 10.5 Å². The second-order valence-corrected chi connectivity index (χ2v) is 5.32. The number of sulfonamides is 1. The summed E-state index contributed by atoms with van der Waals surface area (Å²) in [6.07, 6.45) is 2.64. The molecule has 0 fully saturated rings. The largest absolute Gasteiger partial charge is 0.399 e. The van der Waals surface area contributed by atoms with Crippen molar-refractivity contribution in [3.8, 4) is 0 Å². The predicted octanol–water partition coefficient (Wildman–Crippen LogP) is 0.908. The Balaban J connectivity index is 2.37. The molecule has 0 aliphatic rings. The third kappa shape index (κ3) is 2.66. The summed E-state index contributed by atoms with van der Waals surface area (Å²) in [7, 11) is -3.86. The van der Waals surface area contributed by atoms with Crippen LogP contribution in [0.3, 0.4) is 0 Å². The van der Waals surface area contributed by atoms with E-state index < -0.39 is 10.0 Å². The molecule has 3 N–H and O–H groups in total. The van der Waals surface area contributed by atoms with Crippen molar-refractivity contribution in [1.29, 1.82) is 0 Å². The Labute approximate surface area is 108 Å². The minimum Gasteiger partial charge on any atom is -0.399 e.